The molecule has 0 bridgehead atoms. The Morgan fingerprint density at radius 1 is 1.00 bits per heavy atom. The van der Waals surface area contributed by atoms with Gasteiger partial charge in [-0.2, -0.15) is 0 Å². The molecular weight excluding hydrogens is 314 g/mol. The predicted octanol–water partition coefficient (Wildman–Crippen LogP) is 4.28. The summed E-state index contributed by atoms with van der Waals surface area (Å²) in [5.41, 5.74) is 14.2. The molecule has 2 aromatic heterocycles. The van der Waals surface area contributed by atoms with Gasteiger partial charge in [0.15, 0.2) is 4.96 Å². The van der Waals surface area contributed by atoms with Crippen molar-refractivity contribution in [2.75, 3.05) is 0 Å². The highest BCUT2D eigenvalue weighted by molar-refractivity contribution is 7.17. The summed E-state index contributed by atoms with van der Waals surface area (Å²) >= 11 is 1.87. The molecule has 2 N–H and O–H groups in total. The van der Waals surface area contributed by atoms with Crippen LogP contribution in [0, 0.1) is 0 Å². The van der Waals surface area contributed by atoms with Crippen LogP contribution in [0.3, 0.4) is 0 Å². The first-order valence-corrected chi connectivity index (χ1v) is 10.0. The van der Waals surface area contributed by atoms with Gasteiger partial charge >= 0.3 is 0 Å². The minimum absolute atomic E-state index is 0.552. The van der Waals surface area contributed by atoms with E-state index in [0.29, 0.717) is 6.54 Å². The molecule has 4 heteroatoms. The number of hydrogen-bond donors (Lipinski definition) is 1. The molecule has 0 atom stereocenters. The summed E-state index contributed by atoms with van der Waals surface area (Å²) in [6.45, 7) is 0.552. The average Bonchev–Trinajstić information content (AvgIpc) is 3.17. The number of aromatic nitrogens is 2. The first-order chi connectivity index (χ1) is 11.8. The molecule has 0 aliphatic heterocycles. The summed E-state index contributed by atoms with van der Waals surface area (Å²) in [4.78, 5) is 7.67. The van der Waals surface area contributed by atoms with Crippen LogP contribution < -0.4 is 5.73 Å². The van der Waals surface area contributed by atoms with Crippen molar-refractivity contribution in [1.29, 1.82) is 0 Å². The van der Waals surface area contributed by atoms with E-state index in [-0.39, 0.29) is 0 Å². The summed E-state index contributed by atoms with van der Waals surface area (Å²) in [7, 11) is 0. The molecule has 2 aliphatic carbocycles. The van der Waals surface area contributed by atoms with Crippen molar-refractivity contribution in [3.63, 3.8) is 0 Å². The second-order valence-electron chi connectivity index (χ2n) is 7.10. The van der Waals surface area contributed by atoms with Crippen LogP contribution in [0.2, 0.25) is 0 Å². The Balaban J connectivity index is 1.68. The van der Waals surface area contributed by atoms with Gasteiger partial charge < -0.3 is 5.73 Å². The highest BCUT2D eigenvalue weighted by Crippen LogP contribution is 2.36. The second kappa shape index (κ2) is 5.71. The fourth-order valence-corrected chi connectivity index (χ4v) is 5.62. The molecule has 0 spiro atoms. The molecule has 2 aliphatic rings. The highest BCUT2D eigenvalue weighted by Gasteiger charge is 2.23. The van der Waals surface area contributed by atoms with Crippen LogP contribution in [0.4, 0.5) is 0 Å². The fourth-order valence-electron chi connectivity index (χ4n) is 4.40. The molecule has 0 amide bonds. The van der Waals surface area contributed by atoms with Gasteiger partial charge in [-0.3, -0.25) is 4.40 Å². The number of nitrogens with zero attached hydrogens (tertiary/aromatic N) is 2. The Morgan fingerprint density at radius 2 is 1.79 bits per heavy atom. The van der Waals surface area contributed by atoms with E-state index < -0.39 is 0 Å². The maximum absolute atomic E-state index is 6.17. The number of thiazole rings is 1. The standard InChI is InChI=1S/C20H23N3S/c21-12-17-19(15-10-9-13-5-1-2-6-14(13)11-15)22-20-23(17)16-7-3-4-8-18(16)24-20/h9-11H,1-8,12,21H2. The third kappa shape index (κ3) is 2.16. The molecular formula is C20H23N3S. The van der Waals surface area contributed by atoms with Crippen LogP contribution in [0.1, 0.15) is 53.1 Å². The molecule has 0 saturated carbocycles. The van der Waals surface area contributed by atoms with E-state index in [2.05, 4.69) is 22.6 Å². The van der Waals surface area contributed by atoms with E-state index in [9.17, 15) is 0 Å². The van der Waals surface area contributed by atoms with Crippen molar-refractivity contribution in [3.8, 4) is 11.3 Å². The minimum atomic E-state index is 0.552. The van der Waals surface area contributed by atoms with Gasteiger partial charge in [-0.25, -0.2) is 4.98 Å². The lowest BCUT2D eigenvalue weighted by Gasteiger charge is -2.16. The molecule has 0 unspecified atom stereocenters. The van der Waals surface area contributed by atoms with Crippen LogP contribution in [0.25, 0.3) is 16.2 Å². The predicted molar refractivity (Wildman–Crippen MR) is 99.7 cm³/mol. The maximum Gasteiger partial charge on any atom is 0.194 e. The van der Waals surface area contributed by atoms with Gasteiger partial charge in [0.25, 0.3) is 0 Å². The van der Waals surface area contributed by atoms with E-state index in [1.807, 2.05) is 11.3 Å². The van der Waals surface area contributed by atoms with Crippen molar-refractivity contribution in [3.05, 3.63) is 45.6 Å². The zero-order valence-corrected chi connectivity index (χ0v) is 14.8. The topological polar surface area (TPSA) is 43.3 Å². The van der Waals surface area contributed by atoms with Crippen LogP contribution in [-0.4, -0.2) is 9.38 Å². The van der Waals surface area contributed by atoms with Gasteiger partial charge in [-0.1, -0.05) is 12.1 Å². The first-order valence-electron chi connectivity index (χ1n) is 9.19. The number of imidazole rings is 1. The molecule has 0 radical (unpaired) electrons. The lowest BCUT2D eigenvalue weighted by Crippen LogP contribution is -2.08. The second-order valence-corrected chi connectivity index (χ2v) is 8.16. The zero-order valence-electron chi connectivity index (χ0n) is 14.0. The van der Waals surface area contributed by atoms with Gasteiger partial charge in [0.05, 0.1) is 11.4 Å². The number of fused-ring (bicyclic) bond motifs is 4. The molecule has 5 rings (SSSR count). The largest absolute Gasteiger partial charge is 0.325 e. The Hall–Kier alpha value is -1.65. The van der Waals surface area contributed by atoms with Gasteiger partial charge in [-0.05, 0) is 68.6 Å². The Kier molecular flexibility index (Phi) is 3.49. The zero-order chi connectivity index (χ0) is 16.1. The molecule has 3 aromatic rings. The minimum Gasteiger partial charge on any atom is -0.325 e. The summed E-state index contributed by atoms with van der Waals surface area (Å²) in [5.74, 6) is 0. The molecule has 0 saturated heterocycles. The van der Waals surface area contributed by atoms with Gasteiger partial charge in [0, 0.05) is 22.7 Å². The van der Waals surface area contributed by atoms with Gasteiger partial charge in [0.1, 0.15) is 0 Å². The van der Waals surface area contributed by atoms with Crippen molar-refractivity contribution in [2.24, 2.45) is 5.73 Å². The van der Waals surface area contributed by atoms with Crippen LogP contribution >= 0.6 is 11.3 Å². The summed E-state index contributed by atoms with van der Waals surface area (Å²) in [6.07, 6.45) is 10.0. The van der Waals surface area contributed by atoms with E-state index in [1.165, 1.54) is 84.3 Å². The van der Waals surface area contributed by atoms with Gasteiger partial charge in [-0.15, -0.1) is 11.3 Å². The van der Waals surface area contributed by atoms with Crippen molar-refractivity contribution in [1.82, 2.24) is 9.38 Å². The third-order valence-electron chi connectivity index (χ3n) is 5.63. The maximum atomic E-state index is 6.17. The molecule has 0 fully saturated rings. The SMILES string of the molecule is NCc1c(-c2ccc3c(c2)CCCC3)nc2sc3c(n12)CCCC3. The molecule has 3 nitrogen and oxygen atoms in total. The van der Waals surface area contributed by atoms with E-state index in [1.54, 1.807) is 0 Å². The summed E-state index contributed by atoms with van der Waals surface area (Å²) in [5, 5.41) is 0. The number of rotatable bonds is 2. The highest BCUT2D eigenvalue weighted by atomic mass is 32.1. The van der Waals surface area contributed by atoms with Crippen molar-refractivity contribution in [2.45, 2.75) is 57.9 Å². The lowest BCUT2D eigenvalue weighted by atomic mass is 9.90. The van der Waals surface area contributed by atoms with Crippen molar-refractivity contribution >= 4 is 16.3 Å². The summed E-state index contributed by atoms with van der Waals surface area (Å²) in [6, 6.07) is 6.93. The molecule has 124 valence electrons. The normalized spacial score (nSPS) is 17.0. The van der Waals surface area contributed by atoms with Crippen LogP contribution in [0.15, 0.2) is 18.2 Å². The lowest BCUT2D eigenvalue weighted by molar-refractivity contribution is 0.670. The van der Waals surface area contributed by atoms with E-state index in [0.717, 1.165) is 10.7 Å². The van der Waals surface area contributed by atoms with Crippen molar-refractivity contribution < 1.29 is 0 Å². The third-order valence-corrected chi connectivity index (χ3v) is 6.77. The van der Waals surface area contributed by atoms with Gasteiger partial charge in [0.2, 0.25) is 0 Å². The Labute approximate surface area is 146 Å². The van der Waals surface area contributed by atoms with Crippen LogP contribution in [-0.2, 0) is 32.2 Å². The first kappa shape index (κ1) is 14.7. The molecule has 24 heavy (non-hydrogen) atoms. The monoisotopic (exact) mass is 337 g/mol. The molecule has 1 aromatic carbocycles. The van der Waals surface area contributed by atoms with E-state index >= 15 is 0 Å². The number of nitrogens with two attached hydrogens (primary N) is 1. The number of hydrogen-bond acceptors (Lipinski definition) is 3. The Bertz CT molecular complexity index is 919. The molecule has 2 heterocycles. The smallest absolute Gasteiger partial charge is 0.194 e. The Morgan fingerprint density at radius 3 is 2.67 bits per heavy atom. The van der Waals surface area contributed by atoms with Crippen LogP contribution in [0.5, 0.6) is 0 Å². The average molecular weight is 337 g/mol. The quantitative estimate of drug-likeness (QED) is 0.758. The number of aryl methyl sites for hydroxylation is 4. The summed E-state index contributed by atoms with van der Waals surface area (Å²) < 4.78 is 2.37. The van der Waals surface area contributed by atoms with E-state index in [4.69, 9.17) is 10.7 Å². The number of benzene rings is 1. The fraction of sp³-hybridized carbons (Fsp3) is 0.450.